The second-order valence-corrected chi connectivity index (χ2v) is 10.5. The first-order valence-corrected chi connectivity index (χ1v) is 16.7. The molecule has 47 heavy (non-hydrogen) atoms. The van der Waals surface area contributed by atoms with E-state index in [0.29, 0.717) is 11.6 Å². The van der Waals surface area contributed by atoms with E-state index >= 15 is 0 Å². The highest BCUT2D eigenvalue weighted by Gasteiger charge is 2.28. The molecular weight excluding hydrogens is 571 g/mol. The van der Waals surface area contributed by atoms with Gasteiger partial charge in [0.05, 0.1) is 5.71 Å². The molecule has 0 aromatic heterocycles. The van der Waals surface area contributed by atoms with Crippen LogP contribution >= 0.6 is 0 Å². The fourth-order valence-corrected chi connectivity index (χ4v) is 5.67. The van der Waals surface area contributed by atoms with Crippen LogP contribution in [-0.2, 0) is 0 Å². The summed E-state index contributed by atoms with van der Waals surface area (Å²) in [5.41, 5.74) is 18.4. The summed E-state index contributed by atoms with van der Waals surface area (Å²) in [6.45, 7) is 16.4. The standard InChI is InChI=1S/C38H41N3.2C2H6.C2H2/c1-6-10-35-33(19-20-36-34-12-9-8-11-32(34)27(4)38(35)36)30-17-15-29(16-18-30)31(14-13-28(7-2)21-23-39)25-37(40)26(3)22-24-41-5;3*1-2/h6-15,17-25,27,29,40H,16,39H2,1-5H3;2*1-2H3;1-2H/b10-6-,14-13+,23-21-,26-22+,28-7-,31-25+,40-37?,41-24?;;;. The molecular formula is C44H55N3. The summed E-state index contributed by atoms with van der Waals surface area (Å²) in [4.78, 5) is 4.03. The van der Waals surface area contributed by atoms with Crippen molar-refractivity contribution in [2.75, 3.05) is 7.05 Å². The maximum atomic E-state index is 8.69. The molecule has 2 aliphatic carbocycles. The zero-order valence-corrected chi connectivity index (χ0v) is 30.0. The fraction of sp³-hybridized carbons (Fsp3) is 0.273. The first-order valence-electron chi connectivity index (χ1n) is 16.7. The van der Waals surface area contributed by atoms with Gasteiger partial charge in [0.2, 0.25) is 0 Å². The van der Waals surface area contributed by atoms with Crippen molar-refractivity contribution in [1.82, 2.24) is 0 Å². The average Bonchev–Trinajstić information content (AvgIpc) is 3.42. The Hall–Kier alpha value is -4.94. The highest BCUT2D eigenvalue weighted by Crippen LogP contribution is 2.48. The van der Waals surface area contributed by atoms with Gasteiger partial charge in [0.15, 0.2) is 0 Å². The number of fused-ring (bicyclic) bond motifs is 3. The van der Waals surface area contributed by atoms with Gasteiger partial charge in [-0.15, -0.1) is 12.8 Å². The highest BCUT2D eigenvalue weighted by molar-refractivity contribution is 6.08. The summed E-state index contributed by atoms with van der Waals surface area (Å²) in [5, 5.41) is 8.69. The third kappa shape index (κ3) is 10.3. The van der Waals surface area contributed by atoms with Crippen LogP contribution in [0.3, 0.4) is 0 Å². The number of hydrogen-bond acceptors (Lipinski definition) is 3. The van der Waals surface area contributed by atoms with E-state index in [9.17, 15) is 0 Å². The van der Waals surface area contributed by atoms with Crippen LogP contribution < -0.4 is 5.73 Å². The number of rotatable bonds is 9. The van der Waals surface area contributed by atoms with E-state index < -0.39 is 0 Å². The van der Waals surface area contributed by atoms with Crippen LogP contribution in [0.5, 0.6) is 0 Å². The lowest BCUT2D eigenvalue weighted by molar-refractivity contribution is 0.790. The molecule has 0 spiro atoms. The molecule has 4 rings (SSSR count). The minimum absolute atomic E-state index is 0.158. The number of aliphatic imine (C=N–C) groups is 1. The number of allylic oxidation sites excluding steroid dienone is 14. The summed E-state index contributed by atoms with van der Waals surface area (Å²) < 4.78 is 0. The second-order valence-electron chi connectivity index (χ2n) is 10.5. The molecule has 0 radical (unpaired) electrons. The average molecular weight is 626 g/mol. The molecule has 0 aliphatic heterocycles. The number of nitrogens with two attached hydrogens (primary N) is 1. The molecule has 0 bridgehead atoms. The quantitative estimate of drug-likeness (QED) is 0.162. The molecule has 2 atom stereocenters. The van der Waals surface area contributed by atoms with Gasteiger partial charge < -0.3 is 11.1 Å². The van der Waals surface area contributed by atoms with Crippen molar-refractivity contribution in [1.29, 1.82) is 5.41 Å². The van der Waals surface area contributed by atoms with E-state index in [-0.39, 0.29) is 5.92 Å². The number of terminal acetylenes is 1. The molecule has 2 aromatic carbocycles. The number of benzene rings is 2. The van der Waals surface area contributed by atoms with Gasteiger partial charge in [-0.2, -0.15) is 0 Å². The molecule has 0 saturated heterocycles. The van der Waals surface area contributed by atoms with Crippen LogP contribution in [-0.4, -0.2) is 19.0 Å². The van der Waals surface area contributed by atoms with Crippen LogP contribution in [0.2, 0.25) is 0 Å². The molecule has 246 valence electrons. The van der Waals surface area contributed by atoms with Crippen LogP contribution in [0.25, 0.3) is 22.8 Å². The lowest BCUT2D eigenvalue weighted by Gasteiger charge is -2.21. The predicted octanol–water partition coefficient (Wildman–Crippen LogP) is 11.7. The third-order valence-corrected chi connectivity index (χ3v) is 7.91. The van der Waals surface area contributed by atoms with Crippen molar-refractivity contribution in [2.24, 2.45) is 16.6 Å². The molecule has 3 heteroatoms. The van der Waals surface area contributed by atoms with Gasteiger partial charge in [-0.05, 0) is 107 Å². The molecule has 0 amide bonds. The molecule has 3 nitrogen and oxygen atoms in total. The van der Waals surface area contributed by atoms with E-state index in [4.69, 9.17) is 11.1 Å². The van der Waals surface area contributed by atoms with Gasteiger partial charge in [0, 0.05) is 25.1 Å². The van der Waals surface area contributed by atoms with Crippen LogP contribution in [0, 0.1) is 24.2 Å². The first kappa shape index (κ1) is 40.1. The molecule has 0 heterocycles. The zero-order chi connectivity index (χ0) is 35.4. The van der Waals surface area contributed by atoms with Gasteiger partial charge in [-0.1, -0.05) is 120 Å². The topological polar surface area (TPSA) is 62.2 Å². The summed E-state index contributed by atoms with van der Waals surface area (Å²) in [7, 11) is 1.74. The molecule has 0 saturated carbocycles. The van der Waals surface area contributed by atoms with Crippen molar-refractivity contribution >= 4 is 23.6 Å². The Kier molecular flexibility index (Phi) is 18.5. The van der Waals surface area contributed by atoms with E-state index in [1.165, 1.54) is 39.0 Å². The molecule has 2 unspecified atom stereocenters. The summed E-state index contributed by atoms with van der Waals surface area (Å²) in [6, 6.07) is 13.4. The van der Waals surface area contributed by atoms with E-state index in [1.54, 1.807) is 19.5 Å². The zero-order valence-electron chi connectivity index (χ0n) is 30.0. The van der Waals surface area contributed by atoms with E-state index in [1.807, 2.05) is 65.8 Å². The lowest BCUT2D eigenvalue weighted by Crippen LogP contribution is -2.06. The molecule has 2 aromatic rings. The monoisotopic (exact) mass is 625 g/mol. The summed E-state index contributed by atoms with van der Waals surface area (Å²) in [6.07, 6.45) is 35.4. The Morgan fingerprint density at radius 3 is 2.23 bits per heavy atom. The Balaban J connectivity index is 0.00000174. The predicted molar refractivity (Wildman–Crippen MR) is 212 cm³/mol. The van der Waals surface area contributed by atoms with E-state index in [2.05, 4.69) is 111 Å². The number of hydrogen-bond donors (Lipinski definition) is 2. The van der Waals surface area contributed by atoms with E-state index in [0.717, 1.165) is 23.1 Å². The van der Waals surface area contributed by atoms with Gasteiger partial charge in [-0.25, -0.2) is 0 Å². The molecule has 2 aliphatic rings. The molecule has 3 N–H and O–H groups in total. The Morgan fingerprint density at radius 2 is 1.64 bits per heavy atom. The summed E-state index contributed by atoms with van der Waals surface area (Å²) >= 11 is 0. The largest absolute Gasteiger partial charge is 0.405 e. The van der Waals surface area contributed by atoms with Crippen molar-refractivity contribution in [2.45, 2.75) is 67.7 Å². The van der Waals surface area contributed by atoms with Crippen LogP contribution in [0.1, 0.15) is 90.0 Å². The highest BCUT2D eigenvalue weighted by atomic mass is 14.6. The van der Waals surface area contributed by atoms with Gasteiger partial charge in [0.25, 0.3) is 0 Å². The SMILES string of the molecule is C#C.C/C=C\c1c(C2=CCC(C(=C/C(=N)/C(C)=C/C=NC)/C=C/C(/C=C\N)=C/C)C=C2)ccc2c1C(C)c1ccccc1-2.CC.CC. The van der Waals surface area contributed by atoms with Crippen molar-refractivity contribution < 1.29 is 0 Å². The van der Waals surface area contributed by atoms with Crippen molar-refractivity contribution in [3.05, 3.63) is 142 Å². The number of nitrogens with one attached hydrogen (secondary N) is 1. The lowest BCUT2D eigenvalue weighted by atomic mass is 9.83. The van der Waals surface area contributed by atoms with Crippen LogP contribution in [0.4, 0.5) is 0 Å². The van der Waals surface area contributed by atoms with Gasteiger partial charge in [0.1, 0.15) is 0 Å². The minimum atomic E-state index is 0.158. The number of nitrogens with zero attached hydrogens (tertiary/aromatic N) is 1. The molecule has 0 fully saturated rings. The third-order valence-electron chi connectivity index (χ3n) is 7.91. The smallest absolute Gasteiger partial charge is 0.0572 e. The normalized spacial score (nSPS) is 17.3. The maximum absolute atomic E-state index is 8.69. The Labute approximate surface area is 286 Å². The minimum Gasteiger partial charge on any atom is -0.405 e. The first-order chi connectivity index (χ1) is 22.9. The van der Waals surface area contributed by atoms with Gasteiger partial charge in [-0.3, -0.25) is 4.99 Å². The Morgan fingerprint density at radius 1 is 0.957 bits per heavy atom. The second kappa shape index (κ2) is 21.7. The van der Waals surface area contributed by atoms with Gasteiger partial charge >= 0.3 is 0 Å². The van der Waals surface area contributed by atoms with Crippen LogP contribution in [0.15, 0.2) is 125 Å². The van der Waals surface area contributed by atoms with Crippen molar-refractivity contribution in [3.63, 3.8) is 0 Å². The fourth-order valence-electron chi connectivity index (χ4n) is 5.67. The van der Waals surface area contributed by atoms with Crippen molar-refractivity contribution in [3.8, 4) is 24.0 Å². The Bertz CT molecular complexity index is 1630. The summed E-state index contributed by atoms with van der Waals surface area (Å²) in [5.74, 6) is 0.516. The maximum Gasteiger partial charge on any atom is 0.0572 e.